The van der Waals surface area contributed by atoms with Gasteiger partial charge in [-0.05, 0) is 25.3 Å². The third kappa shape index (κ3) is 3.38. The molecule has 2 heterocycles. The van der Waals surface area contributed by atoms with Crippen molar-refractivity contribution in [3.05, 3.63) is 38.2 Å². The smallest absolute Gasteiger partial charge is 0.329 e. The van der Waals surface area contributed by atoms with E-state index in [2.05, 4.69) is 15.3 Å². The maximum atomic E-state index is 12.5. The molecule has 1 amide bonds. The normalized spacial score (nSPS) is 11.2. The van der Waals surface area contributed by atoms with E-state index < -0.39 is 17.2 Å². The van der Waals surface area contributed by atoms with E-state index in [1.165, 1.54) is 4.57 Å². The molecule has 2 rings (SSSR count). The number of carbonyl (C=O) groups is 1. The fourth-order valence-electron chi connectivity index (χ4n) is 2.44. The lowest BCUT2D eigenvalue weighted by atomic mass is 10.0. The van der Waals surface area contributed by atoms with Gasteiger partial charge in [-0.15, -0.1) is 0 Å². The Balaban J connectivity index is 2.75. The average molecular weight is 334 g/mol. The van der Waals surface area contributed by atoms with Crippen molar-refractivity contribution in [2.75, 3.05) is 13.2 Å². The molecule has 0 aliphatic heterocycles. The number of aromatic nitrogens is 3. The number of hydrogen-bond acceptors (Lipinski definition) is 5. The fourth-order valence-corrected chi connectivity index (χ4v) is 2.44. The number of hydrogen-bond donors (Lipinski definition) is 3. The first-order valence-corrected chi connectivity index (χ1v) is 7.97. The molecule has 0 atom stereocenters. The maximum Gasteiger partial charge on any atom is 0.329 e. The second-order valence-corrected chi connectivity index (χ2v) is 5.78. The predicted molar refractivity (Wildman–Crippen MR) is 90.4 cm³/mol. The Hall–Kier alpha value is -2.48. The summed E-state index contributed by atoms with van der Waals surface area (Å²) in [6, 6.07) is 1.58. The van der Waals surface area contributed by atoms with Gasteiger partial charge in [-0.25, -0.2) is 9.78 Å². The molecule has 0 aromatic carbocycles. The molecule has 130 valence electrons. The summed E-state index contributed by atoms with van der Waals surface area (Å²) in [4.78, 5) is 43.4. The predicted octanol–water partition coefficient (Wildman–Crippen LogP) is 0.340. The van der Waals surface area contributed by atoms with Gasteiger partial charge in [0.1, 0.15) is 0 Å². The Morgan fingerprint density at radius 2 is 2.12 bits per heavy atom. The van der Waals surface area contributed by atoms with Crippen LogP contribution in [0, 0.1) is 0 Å². The molecule has 0 aliphatic rings. The Labute approximate surface area is 138 Å². The van der Waals surface area contributed by atoms with Gasteiger partial charge >= 0.3 is 5.69 Å². The molecule has 0 aliphatic carbocycles. The number of aliphatic hydroxyl groups is 1. The van der Waals surface area contributed by atoms with Crippen molar-refractivity contribution in [1.29, 1.82) is 0 Å². The second kappa shape index (κ2) is 7.39. The molecule has 0 unspecified atom stereocenters. The molecule has 0 bridgehead atoms. The third-order valence-corrected chi connectivity index (χ3v) is 3.74. The summed E-state index contributed by atoms with van der Waals surface area (Å²) in [7, 11) is 0. The Morgan fingerprint density at radius 1 is 1.42 bits per heavy atom. The molecule has 8 heteroatoms. The summed E-state index contributed by atoms with van der Waals surface area (Å²) in [5.74, 6) is -0.400. The zero-order valence-corrected chi connectivity index (χ0v) is 14.0. The molecular formula is C16H22N4O4. The monoisotopic (exact) mass is 334 g/mol. The van der Waals surface area contributed by atoms with Gasteiger partial charge in [-0.3, -0.25) is 19.1 Å². The lowest BCUT2D eigenvalue weighted by Crippen LogP contribution is -2.33. The number of nitrogens with one attached hydrogen (secondary N) is 2. The molecule has 8 nitrogen and oxygen atoms in total. The van der Waals surface area contributed by atoms with E-state index >= 15 is 0 Å². The first-order chi connectivity index (χ1) is 11.4. The van der Waals surface area contributed by atoms with Crippen LogP contribution in [0.15, 0.2) is 15.7 Å². The largest absolute Gasteiger partial charge is 0.396 e. The lowest BCUT2D eigenvalue weighted by molar-refractivity contribution is 0.0952. The summed E-state index contributed by atoms with van der Waals surface area (Å²) in [5.41, 5.74) is -0.151. The lowest BCUT2D eigenvalue weighted by Gasteiger charge is -2.14. The summed E-state index contributed by atoms with van der Waals surface area (Å²) in [5, 5.41) is 11.6. The SMILES string of the molecule is CCn1c(=O)[nH]c(=O)c2c(C(=O)NCCCO)cc(C(C)C)nc21. The van der Waals surface area contributed by atoms with E-state index in [1.807, 2.05) is 13.8 Å². The number of aliphatic hydroxyl groups excluding tert-OH is 1. The molecular weight excluding hydrogens is 312 g/mol. The van der Waals surface area contributed by atoms with E-state index in [1.54, 1.807) is 13.0 Å². The van der Waals surface area contributed by atoms with Crippen molar-refractivity contribution in [2.24, 2.45) is 0 Å². The highest BCUT2D eigenvalue weighted by Crippen LogP contribution is 2.19. The van der Waals surface area contributed by atoms with E-state index in [9.17, 15) is 14.4 Å². The molecule has 2 aromatic rings. The molecule has 0 radical (unpaired) electrons. The molecule has 0 saturated carbocycles. The second-order valence-electron chi connectivity index (χ2n) is 5.78. The highest BCUT2D eigenvalue weighted by atomic mass is 16.3. The standard InChI is InChI=1S/C16H22N4O4/c1-4-20-13-12(15(23)19-16(20)24)10(8-11(18-13)9(2)3)14(22)17-6-5-7-21/h8-9,21H,4-7H2,1-3H3,(H,17,22)(H,19,23,24). The number of amides is 1. The van der Waals surface area contributed by atoms with Crippen LogP contribution in [-0.4, -0.2) is 38.7 Å². The fraction of sp³-hybridized carbons (Fsp3) is 0.500. The van der Waals surface area contributed by atoms with E-state index in [-0.39, 0.29) is 29.1 Å². The molecule has 24 heavy (non-hydrogen) atoms. The first-order valence-electron chi connectivity index (χ1n) is 7.97. The number of fused-ring (bicyclic) bond motifs is 1. The number of H-pyrrole nitrogens is 1. The Kier molecular flexibility index (Phi) is 5.50. The topological polar surface area (TPSA) is 117 Å². The average Bonchev–Trinajstić information content (AvgIpc) is 2.54. The van der Waals surface area contributed by atoms with Gasteiger partial charge in [0.25, 0.3) is 11.5 Å². The number of pyridine rings is 1. The van der Waals surface area contributed by atoms with Crippen molar-refractivity contribution in [1.82, 2.24) is 19.9 Å². The third-order valence-electron chi connectivity index (χ3n) is 3.74. The first kappa shape index (κ1) is 17.9. The van der Waals surface area contributed by atoms with Gasteiger partial charge in [-0.2, -0.15) is 0 Å². The van der Waals surface area contributed by atoms with Crippen LogP contribution in [0.4, 0.5) is 0 Å². The van der Waals surface area contributed by atoms with Crippen LogP contribution >= 0.6 is 0 Å². The van der Waals surface area contributed by atoms with Crippen molar-refractivity contribution in [3.8, 4) is 0 Å². The summed E-state index contributed by atoms with van der Waals surface area (Å²) < 4.78 is 1.34. The number of aromatic amines is 1. The summed E-state index contributed by atoms with van der Waals surface area (Å²) in [6.45, 7) is 6.19. The van der Waals surface area contributed by atoms with Crippen LogP contribution in [0.25, 0.3) is 11.0 Å². The maximum absolute atomic E-state index is 12.5. The van der Waals surface area contributed by atoms with Crippen LogP contribution in [0.2, 0.25) is 0 Å². The summed E-state index contributed by atoms with van der Waals surface area (Å²) >= 11 is 0. The van der Waals surface area contributed by atoms with Crippen LogP contribution in [0.1, 0.15) is 49.2 Å². The Bertz CT molecular complexity index is 867. The zero-order chi connectivity index (χ0) is 17.9. The molecule has 0 fully saturated rings. The number of carbonyl (C=O) groups excluding carboxylic acids is 1. The van der Waals surface area contributed by atoms with Gasteiger partial charge in [-0.1, -0.05) is 13.8 Å². The van der Waals surface area contributed by atoms with Crippen molar-refractivity contribution < 1.29 is 9.90 Å². The van der Waals surface area contributed by atoms with Gasteiger partial charge in [0.05, 0.1) is 10.9 Å². The zero-order valence-electron chi connectivity index (χ0n) is 14.0. The van der Waals surface area contributed by atoms with Crippen molar-refractivity contribution >= 4 is 16.9 Å². The van der Waals surface area contributed by atoms with Crippen molar-refractivity contribution in [3.63, 3.8) is 0 Å². The van der Waals surface area contributed by atoms with E-state index in [0.29, 0.717) is 25.2 Å². The quantitative estimate of drug-likeness (QED) is 0.659. The molecule has 2 aromatic heterocycles. The van der Waals surface area contributed by atoms with E-state index in [4.69, 9.17) is 5.11 Å². The minimum Gasteiger partial charge on any atom is -0.396 e. The number of rotatable bonds is 6. The van der Waals surface area contributed by atoms with Crippen LogP contribution in [0.5, 0.6) is 0 Å². The highest BCUT2D eigenvalue weighted by molar-refractivity contribution is 6.05. The molecule has 3 N–H and O–H groups in total. The summed E-state index contributed by atoms with van der Waals surface area (Å²) in [6.07, 6.45) is 0.418. The highest BCUT2D eigenvalue weighted by Gasteiger charge is 2.19. The van der Waals surface area contributed by atoms with Crippen LogP contribution < -0.4 is 16.6 Å². The minimum absolute atomic E-state index is 0.0260. The van der Waals surface area contributed by atoms with Gasteiger partial charge in [0.2, 0.25) is 0 Å². The minimum atomic E-state index is -0.630. The number of nitrogens with zero attached hydrogens (tertiary/aromatic N) is 2. The van der Waals surface area contributed by atoms with Gasteiger partial charge < -0.3 is 10.4 Å². The van der Waals surface area contributed by atoms with Crippen LogP contribution in [0.3, 0.4) is 0 Å². The van der Waals surface area contributed by atoms with Crippen LogP contribution in [-0.2, 0) is 6.54 Å². The van der Waals surface area contributed by atoms with E-state index in [0.717, 1.165) is 0 Å². The molecule has 0 spiro atoms. The number of aryl methyl sites for hydroxylation is 1. The van der Waals surface area contributed by atoms with Gasteiger partial charge in [0.15, 0.2) is 5.65 Å². The Morgan fingerprint density at radius 3 is 2.71 bits per heavy atom. The van der Waals surface area contributed by atoms with Gasteiger partial charge in [0, 0.05) is 25.4 Å². The van der Waals surface area contributed by atoms with Crippen molar-refractivity contribution in [2.45, 2.75) is 39.7 Å². The molecule has 0 saturated heterocycles.